The lowest BCUT2D eigenvalue weighted by Gasteiger charge is -2.20. The van der Waals surface area contributed by atoms with Gasteiger partial charge in [-0.25, -0.2) is 9.67 Å². The lowest BCUT2D eigenvalue weighted by atomic mass is 9.90. The number of aryl methyl sites for hydroxylation is 1. The minimum atomic E-state index is -0.856. The van der Waals surface area contributed by atoms with Crippen LogP contribution in [0, 0.1) is 12.3 Å². The molecule has 0 bridgehead atoms. The van der Waals surface area contributed by atoms with E-state index in [1.165, 1.54) is 6.33 Å². The van der Waals surface area contributed by atoms with Crippen LogP contribution in [0.5, 0.6) is 0 Å². The molecule has 1 atom stereocenters. The number of hydrogen-bond donors (Lipinski definition) is 1. The number of likely N-dealkylation sites (tertiary alicyclic amines) is 1. The molecular weight excluding hydrogens is 296 g/mol. The molecule has 0 spiro atoms. The summed E-state index contributed by atoms with van der Waals surface area (Å²) in [6, 6.07) is 5.36. The summed E-state index contributed by atoms with van der Waals surface area (Å²) in [7, 11) is 0. The first kappa shape index (κ1) is 15.2. The highest BCUT2D eigenvalue weighted by molar-refractivity contribution is 5.95. The van der Waals surface area contributed by atoms with Crippen LogP contribution in [-0.4, -0.2) is 49.7 Å². The van der Waals surface area contributed by atoms with Crippen molar-refractivity contribution in [1.82, 2.24) is 19.7 Å². The molecule has 7 heteroatoms. The Morgan fingerprint density at radius 1 is 1.35 bits per heavy atom. The van der Waals surface area contributed by atoms with Crippen LogP contribution in [0.4, 0.5) is 0 Å². The number of nitrogens with zero attached hydrogens (tertiary/aromatic N) is 4. The molecule has 1 aliphatic heterocycles. The Morgan fingerprint density at radius 3 is 2.70 bits per heavy atom. The first-order chi connectivity index (χ1) is 10.9. The molecule has 2 heterocycles. The monoisotopic (exact) mass is 314 g/mol. The second-order valence-electron chi connectivity index (χ2n) is 6.18. The summed E-state index contributed by atoms with van der Waals surface area (Å²) in [5, 5.41) is 13.4. The summed E-state index contributed by atoms with van der Waals surface area (Å²) in [6.07, 6.45) is 3.53. The van der Waals surface area contributed by atoms with Gasteiger partial charge < -0.3 is 10.0 Å². The minimum absolute atomic E-state index is 0.136. The zero-order valence-corrected chi connectivity index (χ0v) is 13.1. The predicted octanol–water partition coefficient (Wildman–Crippen LogP) is 1.51. The van der Waals surface area contributed by atoms with Crippen LogP contribution in [0.3, 0.4) is 0 Å². The number of carboxylic acids is 1. The van der Waals surface area contributed by atoms with Crippen molar-refractivity contribution in [3.05, 3.63) is 42.0 Å². The zero-order chi connectivity index (χ0) is 16.6. The Kier molecular flexibility index (Phi) is 3.63. The molecule has 1 saturated heterocycles. The van der Waals surface area contributed by atoms with Gasteiger partial charge in [0.2, 0.25) is 0 Å². The number of carbonyl (C=O) groups excluding carboxylic acids is 1. The van der Waals surface area contributed by atoms with E-state index in [0.717, 1.165) is 11.3 Å². The first-order valence-corrected chi connectivity index (χ1v) is 7.39. The molecule has 1 unspecified atom stereocenters. The van der Waals surface area contributed by atoms with E-state index in [-0.39, 0.29) is 12.5 Å². The summed E-state index contributed by atoms with van der Waals surface area (Å²) < 4.78 is 1.64. The van der Waals surface area contributed by atoms with Gasteiger partial charge in [0.05, 0.1) is 11.1 Å². The lowest BCUT2D eigenvalue weighted by Crippen LogP contribution is -2.34. The van der Waals surface area contributed by atoms with Crippen molar-refractivity contribution >= 4 is 11.9 Å². The standard InChI is InChI=1S/C16H18N4O3/c1-11-7-12(3-4-13(11)20-10-17-9-18-20)14(21)19-6-5-16(2,8-19)15(22)23/h3-4,7,9-10H,5-6,8H2,1-2H3,(H,22,23). The van der Waals surface area contributed by atoms with E-state index in [1.54, 1.807) is 35.0 Å². The largest absolute Gasteiger partial charge is 0.481 e. The van der Waals surface area contributed by atoms with Gasteiger partial charge in [0.25, 0.3) is 5.91 Å². The Morgan fingerprint density at radius 2 is 2.13 bits per heavy atom. The van der Waals surface area contributed by atoms with Crippen molar-refractivity contribution < 1.29 is 14.7 Å². The summed E-state index contributed by atoms with van der Waals surface area (Å²) in [6.45, 7) is 4.29. The molecule has 1 aromatic carbocycles. The fourth-order valence-electron chi connectivity index (χ4n) is 2.87. The molecule has 120 valence electrons. The average molecular weight is 314 g/mol. The van der Waals surface area contributed by atoms with Gasteiger partial charge in [0, 0.05) is 18.7 Å². The number of hydrogen-bond acceptors (Lipinski definition) is 4. The van der Waals surface area contributed by atoms with Gasteiger partial charge in [-0.05, 0) is 44.0 Å². The van der Waals surface area contributed by atoms with Gasteiger partial charge >= 0.3 is 5.97 Å². The predicted molar refractivity (Wildman–Crippen MR) is 82.4 cm³/mol. The molecular formula is C16H18N4O3. The smallest absolute Gasteiger partial charge is 0.311 e. The van der Waals surface area contributed by atoms with Crippen molar-refractivity contribution in [2.24, 2.45) is 5.41 Å². The molecule has 1 N–H and O–H groups in total. The molecule has 2 aromatic rings. The lowest BCUT2D eigenvalue weighted by molar-refractivity contribution is -0.147. The number of carbonyl (C=O) groups is 2. The fraction of sp³-hybridized carbons (Fsp3) is 0.375. The maximum Gasteiger partial charge on any atom is 0.311 e. The fourth-order valence-corrected chi connectivity index (χ4v) is 2.87. The highest BCUT2D eigenvalue weighted by Gasteiger charge is 2.42. The molecule has 1 aromatic heterocycles. The molecule has 1 fully saturated rings. The second-order valence-corrected chi connectivity index (χ2v) is 6.18. The highest BCUT2D eigenvalue weighted by Crippen LogP contribution is 2.31. The van der Waals surface area contributed by atoms with E-state index in [4.69, 9.17) is 0 Å². The average Bonchev–Trinajstić information content (AvgIpc) is 3.17. The van der Waals surface area contributed by atoms with Gasteiger partial charge in [0.1, 0.15) is 12.7 Å². The molecule has 7 nitrogen and oxygen atoms in total. The molecule has 23 heavy (non-hydrogen) atoms. The van der Waals surface area contributed by atoms with Crippen molar-refractivity contribution in [1.29, 1.82) is 0 Å². The van der Waals surface area contributed by atoms with Crippen LogP contribution in [0.15, 0.2) is 30.9 Å². The number of amides is 1. The summed E-state index contributed by atoms with van der Waals surface area (Å²) in [5.74, 6) is -0.992. The van der Waals surface area contributed by atoms with Crippen LogP contribution in [0.25, 0.3) is 5.69 Å². The van der Waals surface area contributed by atoms with E-state index in [9.17, 15) is 14.7 Å². The van der Waals surface area contributed by atoms with Gasteiger partial charge in [-0.15, -0.1) is 0 Å². The normalized spacial score (nSPS) is 20.7. The number of aliphatic carboxylic acids is 1. The van der Waals surface area contributed by atoms with Crippen LogP contribution in [0.1, 0.15) is 29.3 Å². The van der Waals surface area contributed by atoms with Gasteiger partial charge in [0.15, 0.2) is 0 Å². The Hall–Kier alpha value is -2.70. The van der Waals surface area contributed by atoms with Crippen molar-refractivity contribution in [3.8, 4) is 5.69 Å². The topological polar surface area (TPSA) is 88.3 Å². The van der Waals surface area contributed by atoms with E-state index in [2.05, 4.69) is 10.1 Å². The third kappa shape index (κ3) is 2.69. The van der Waals surface area contributed by atoms with Crippen LogP contribution in [0.2, 0.25) is 0 Å². The Bertz CT molecular complexity index is 757. The molecule has 0 aliphatic carbocycles. The summed E-state index contributed by atoms with van der Waals surface area (Å²) in [5.41, 5.74) is 1.46. The van der Waals surface area contributed by atoms with Gasteiger partial charge in [-0.2, -0.15) is 5.10 Å². The summed E-state index contributed by atoms with van der Waals surface area (Å²) in [4.78, 5) is 29.4. The minimum Gasteiger partial charge on any atom is -0.481 e. The molecule has 1 amide bonds. The van der Waals surface area contributed by atoms with Crippen LogP contribution >= 0.6 is 0 Å². The van der Waals surface area contributed by atoms with Crippen LogP contribution in [-0.2, 0) is 4.79 Å². The van der Waals surface area contributed by atoms with Crippen molar-refractivity contribution in [2.45, 2.75) is 20.3 Å². The molecule has 1 aliphatic rings. The van der Waals surface area contributed by atoms with Gasteiger partial charge in [-0.3, -0.25) is 9.59 Å². The Labute approximate surface area is 133 Å². The number of rotatable bonds is 3. The van der Waals surface area contributed by atoms with Crippen molar-refractivity contribution in [3.63, 3.8) is 0 Å². The third-order valence-corrected chi connectivity index (χ3v) is 4.39. The quantitative estimate of drug-likeness (QED) is 0.928. The summed E-state index contributed by atoms with van der Waals surface area (Å²) >= 11 is 0. The maximum atomic E-state index is 12.6. The maximum absolute atomic E-state index is 12.6. The third-order valence-electron chi connectivity index (χ3n) is 4.39. The first-order valence-electron chi connectivity index (χ1n) is 7.39. The second kappa shape index (κ2) is 5.49. The molecule has 0 saturated carbocycles. The van der Waals surface area contributed by atoms with Gasteiger partial charge in [-0.1, -0.05) is 0 Å². The van der Waals surface area contributed by atoms with E-state index in [0.29, 0.717) is 18.5 Å². The van der Waals surface area contributed by atoms with Crippen molar-refractivity contribution in [2.75, 3.05) is 13.1 Å². The van der Waals surface area contributed by atoms with E-state index in [1.807, 2.05) is 13.0 Å². The van der Waals surface area contributed by atoms with E-state index >= 15 is 0 Å². The number of benzene rings is 1. The highest BCUT2D eigenvalue weighted by atomic mass is 16.4. The van der Waals surface area contributed by atoms with Crippen LogP contribution < -0.4 is 0 Å². The zero-order valence-electron chi connectivity index (χ0n) is 13.1. The SMILES string of the molecule is Cc1cc(C(=O)N2CCC(C)(C(=O)O)C2)ccc1-n1cncn1. The molecule has 0 radical (unpaired) electrons. The van der Waals surface area contributed by atoms with E-state index < -0.39 is 11.4 Å². The number of carboxylic acid groups (broad SMARTS) is 1. The Balaban J connectivity index is 1.82. The molecule has 3 rings (SSSR count). The number of aromatic nitrogens is 3.